The molecule has 1 aliphatic rings. The molecule has 5 heteroatoms. The summed E-state index contributed by atoms with van der Waals surface area (Å²) in [5.74, 6) is 2.48. The van der Waals surface area contributed by atoms with Gasteiger partial charge >= 0.3 is 0 Å². The van der Waals surface area contributed by atoms with E-state index in [4.69, 9.17) is 4.74 Å². The first-order valence-corrected chi connectivity index (χ1v) is 15.4. The Balaban J connectivity index is 1.22. The monoisotopic (exact) mass is 586 g/mol. The Labute approximate surface area is 263 Å². The molecule has 0 saturated heterocycles. The van der Waals surface area contributed by atoms with Crippen LogP contribution < -0.4 is 14.5 Å². The van der Waals surface area contributed by atoms with Crippen LogP contribution in [0.3, 0.4) is 0 Å². The standard InChI is InChI=1S/C40H34N4O/c1-40(2,3)28-23-30(43-27-42(29-13-5-4-6-14-29)36-17-9-10-18-37(36)43)25-32(24-28)45-31-20-21-34-33-15-7-8-16-35(33)44(38(34)26-31)39-19-11-12-22-41-39/h4-26H,27H2,1-3H3. The topological polar surface area (TPSA) is 33.5 Å². The van der Waals surface area contributed by atoms with Crippen molar-refractivity contribution in [1.82, 2.24) is 9.55 Å². The Hall–Kier alpha value is -5.55. The van der Waals surface area contributed by atoms with Crippen molar-refractivity contribution in [2.75, 3.05) is 16.5 Å². The van der Waals surface area contributed by atoms with E-state index in [2.05, 4.69) is 155 Å². The zero-order chi connectivity index (χ0) is 30.5. The molecular weight excluding hydrogens is 552 g/mol. The molecule has 0 aliphatic carbocycles. The number of para-hydroxylation sites is 4. The highest BCUT2D eigenvalue weighted by Gasteiger charge is 2.29. The van der Waals surface area contributed by atoms with Crippen LogP contribution in [0.15, 0.2) is 140 Å². The summed E-state index contributed by atoms with van der Waals surface area (Å²) in [4.78, 5) is 9.44. The van der Waals surface area contributed by atoms with Crippen molar-refractivity contribution in [3.8, 4) is 17.3 Å². The first kappa shape index (κ1) is 27.0. The zero-order valence-corrected chi connectivity index (χ0v) is 25.7. The van der Waals surface area contributed by atoms with E-state index in [0.717, 1.165) is 34.0 Å². The summed E-state index contributed by atoms with van der Waals surface area (Å²) >= 11 is 0. The molecule has 45 heavy (non-hydrogen) atoms. The number of anilines is 4. The van der Waals surface area contributed by atoms with E-state index in [-0.39, 0.29) is 5.41 Å². The van der Waals surface area contributed by atoms with Crippen LogP contribution in [0.2, 0.25) is 0 Å². The Morgan fingerprint density at radius 1 is 0.578 bits per heavy atom. The van der Waals surface area contributed by atoms with Gasteiger partial charge in [-0.25, -0.2) is 4.98 Å². The quantitative estimate of drug-likeness (QED) is 0.201. The fourth-order valence-electron chi connectivity index (χ4n) is 6.38. The number of fused-ring (bicyclic) bond motifs is 4. The third-order valence-corrected chi connectivity index (χ3v) is 8.64. The van der Waals surface area contributed by atoms with E-state index in [1.807, 2.05) is 24.4 Å². The molecule has 1 aliphatic heterocycles. The van der Waals surface area contributed by atoms with Gasteiger partial charge in [-0.1, -0.05) is 75.4 Å². The van der Waals surface area contributed by atoms with Crippen molar-refractivity contribution in [2.45, 2.75) is 26.2 Å². The minimum atomic E-state index is -0.0676. The number of hydrogen-bond donors (Lipinski definition) is 0. The lowest BCUT2D eigenvalue weighted by Gasteiger charge is -2.26. The molecule has 8 rings (SSSR count). The van der Waals surface area contributed by atoms with Crippen molar-refractivity contribution in [3.05, 3.63) is 145 Å². The maximum Gasteiger partial charge on any atom is 0.137 e. The molecule has 0 saturated carbocycles. The second-order valence-corrected chi connectivity index (χ2v) is 12.6. The van der Waals surface area contributed by atoms with Gasteiger partial charge in [-0.15, -0.1) is 0 Å². The van der Waals surface area contributed by atoms with Crippen LogP contribution in [-0.2, 0) is 5.41 Å². The summed E-state index contributed by atoms with van der Waals surface area (Å²) in [6, 6.07) is 46.7. The minimum Gasteiger partial charge on any atom is -0.457 e. The van der Waals surface area contributed by atoms with E-state index >= 15 is 0 Å². The summed E-state index contributed by atoms with van der Waals surface area (Å²) < 4.78 is 8.95. The molecule has 0 atom stereocenters. The lowest BCUT2D eigenvalue weighted by atomic mass is 9.86. The molecule has 7 aromatic rings. The van der Waals surface area contributed by atoms with Crippen molar-refractivity contribution in [1.29, 1.82) is 0 Å². The Kier molecular flexibility index (Phi) is 6.35. The highest BCUT2D eigenvalue weighted by Crippen LogP contribution is 2.46. The number of rotatable bonds is 5. The molecule has 0 bridgehead atoms. The van der Waals surface area contributed by atoms with Crippen LogP contribution in [0.4, 0.5) is 22.7 Å². The van der Waals surface area contributed by atoms with Crippen molar-refractivity contribution in [3.63, 3.8) is 0 Å². The zero-order valence-electron chi connectivity index (χ0n) is 25.7. The van der Waals surface area contributed by atoms with Gasteiger partial charge in [0.25, 0.3) is 0 Å². The van der Waals surface area contributed by atoms with Crippen LogP contribution in [0, 0.1) is 0 Å². The molecule has 0 spiro atoms. The Bertz CT molecular complexity index is 2160. The summed E-state index contributed by atoms with van der Waals surface area (Å²) in [5, 5.41) is 2.36. The van der Waals surface area contributed by atoms with Crippen LogP contribution in [0.5, 0.6) is 11.5 Å². The molecule has 5 nitrogen and oxygen atoms in total. The first-order valence-electron chi connectivity index (χ1n) is 15.4. The Morgan fingerprint density at radius 2 is 1.27 bits per heavy atom. The van der Waals surface area contributed by atoms with E-state index in [0.29, 0.717) is 6.67 Å². The third kappa shape index (κ3) is 4.77. The first-order chi connectivity index (χ1) is 21.9. The predicted octanol–water partition coefficient (Wildman–Crippen LogP) is 10.5. The van der Waals surface area contributed by atoms with E-state index in [1.54, 1.807) is 0 Å². The van der Waals surface area contributed by atoms with Crippen LogP contribution in [-0.4, -0.2) is 16.2 Å². The molecule has 0 radical (unpaired) electrons. The average Bonchev–Trinajstić information content (AvgIpc) is 3.61. The summed E-state index contributed by atoms with van der Waals surface area (Å²) in [7, 11) is 0. The van der Waals surface area contributed by atoms with Gasteiger partial charge in [0.05, 0.1) is 22.4 Å². The molecule has 0 fully saturated rings. The molecule has 220 valence electrons. The highest BCUT2D eigenvalue weighted by molar-refractivity contribution is 6.09. The molecule has 3 heterocycles. The smallest absolute Gasteiger partial charge is 0.137 e. The third-order valence-electron chi connectivity index (χ3n) is 8.64. The van der Waals surface area contributed by atoms with Gasteiger partial charge in [-0.2, -0.15) is 0 Å². The number of pyridine rings is 1. The van der Waals surface area contributed by atoms with Gasteiger partial charge in [0.1, 0.15) is 24.0 Å². The highest BCUT2D eigenvalue weighted by atomic mass is 16.5. The maximum absolute atomic E-state index is 6.73. The number of ether oxygens (including phenoxy) is 1. The lowest BCUT2D eigenvalue weighted by molar-refractivity contribution is 0.479. The van der Waals surface area contributed by atoms with E-state index in [9.17, 15) is 0 Å². The van der Waals surface area contributed by atoms with Gasteiger partial charge < -0.3 is 14.5 Å². The summed E-state index contributed by atoms with van der Waals surface area (Å²) in [6.07, 6.45) is 1.84. The van der Waals surface area contributed by atoms with Gasteiger partial charge in [-0.05, 0) is 77.7 Å². The normalized spacial score (nSPS) is 13.0. The average molecular weight is 587 g/mol. The Morgan fingerprint density at radius 3 is 2.02 bits per heavy atom. The minimum absolute atomic E-state index is 0.0676. The second kappa shape index (κ2) is 10.6. The van der Waals surface area contributed by atoms with E-state index in [1.165, 1.54) is 33.4 Å². The number of aromatic nitrogens is 2. The van der Waals surface area contributed by atoms with Crippen LogP contribution >= 0.6 is 0 Å². The fourth-order valence-corrected chi connectivity index (χ4v) is 6.38. The molecule has 0 amide bonds. The second-order valence-electron chi connectivity index (χ2n) is 12.6. The fraction of sp³-hybridized carbons (Fsp3) is 0.125. The van der Waals surface area contributed by atoms with Crippen molar-refractivity contribution < 1.29 is 4.74 Å². The van der Waals surface area contributed by atoms with E-state index < -0.39 is 0 Å². The van der Waals surface area contributed by atoms with Crippen LogP contribution in [0.1, 0.15) is 26.3 Å². The largest absolute Gasteiger partial charge is 0.457 e. The van der Waals surface area contributed by atoms with Crippen molar-refractivity contribution in [2.24, 2.45) is 0 Å². The van der Waals surface area contributed by atoms with Gasteiger partial charge in [-0.3, -0.25) is 4.57 Å². The number of hydrogen-bond acceptors (Lipinski definition) is 4. The lowest BCUT2D eigenvalue weighted by Crippen LogP contribution is -2.24. The maximum atomic E-state index is 6.73. The predicted molar refractivity (Wildman–Crippen MR) is 186 cm³/mol. The SMILES string of the molecule is CC(C)(C)c1cc(Oc2ccc3c4ccccc4n(-c4ccccn4)c3c2)cc(N2CN(c3ccccc3)c3ccccc32)c1. The van der Waals surface area contributed by atoms with Crippen molar-refractivity contribution >= 4 is 44.6 Å². The molecule has 5 aromatic carbocycles. The molecule has 2 aromatic heterocycles. The number of benzene rings is 5. The van der Waals surface area contributed by atoms with Gasteiger partial charge in [0, 0.05) is 40.5 Å². The molecule has 0 unspecified atom stereocenters. The van der Waals surface area contributed by atoms with Crippen LogP contribution in [0.25, 0.3) is 27.6 Å². The summed E-state index contributed by atoms with van der Waals surface area (Å²) in [6.45, 7) is 7.47. The molecular formula is C40H34N4O. The van der Waals surface area contributed by atoms with Gasteiger partial charge in [0.2, 0.25) is 0 Å². The molecule has 0 N–H and O–H groups in total. The summed E-state index contributed by atoms with van der Waals surface area (Å²) in [5.41, 5.74) is 7.98. The number of nitrogens with zero attached hydrogens (tertiary/aromatic N) is 4. The van der Waals surface area contributed by atoms with Gasteiger partial charge in [0.15, 0.2) is 0 Å².